The van der Waals surface area contributed by atoms with Gasteiger partial charge in [-0.1, -0.05) is 85.0 Å². The Kier molecular flexibility index (Phi) is 13.6. The van der Waals surface area contributed by atoms with Gasteiger partial charge in [0.05, 0.1) is 42.5 Å². The number of rotatable bonds is 10. The quantitative estimate of drug-likeness (QED) is 0.116. The molecular formula is C42H34N8O2. The number of piperazine rings is 1. The monoisotopic (exact) mass is 682 g/mol. The van der Waals surface area contributed by atoms with Crippen LogP contribution in [0.1, 0.15) is 30.9 Å². The van der Waals surface area contributed by atoms with Gasteiger partial charge in [0.1, 0.15) is 11.6 Å². The molecule has 0 atom stereocenters. The van der Waals surface area contributed by atoms with Gasteiger partial charge in [-0.2, -0.15) is 15.8 Å². The Morgan fingerprint density at radius 2 is 1.54 bits per heavy atom. The van der Waals surface area contributed by atoms with Crippen molar-refractivity contribution in [1.29, 1.82) is 26.5 Å². The molecule has 1 saturated heterocycles. The second-order valence-electron chi connectivity index (χ2n) is 11.3. The van der Waals surface area contributed by atoms with E-state index < -0.39 is 0 Å². The topological polar surface area (TPSA) is 156 Å². The summed E-state index contributed by atoms with van der Waals surface area (Å²) in [6.45, 7) is 11.6. The molecule has 10 nitrogen and oxygen atoms in total. The smallest absolute Gasteiger partial charge is 0.409 e. The van der Waals surface area contributed by atoms with E-state index in [4.69, 9.17) is 16.7 Å². The van der Waals surface area contributed by atoms with Crippen LogP contribution >= 0.6 is 0 Å². The van der Waals surface area contributed by atoms with Crippen molar-refractivity contribution < 1.29 is 9.53 Å². The Hall–Kier alpha value is -7.41. The predicted molar refractivity (Wildman–Crippen MR) is 198 cm³/mol. The Bertz CT molecular complexity index is 2150. The summed E-state index contributed by atoms with van der Waals surface area (Å²) in [6, 6.07) is 26.1. The van der Waals surface area contributed by atoms with Crippen LogP contribution in [0.2, 0.25) is 0 Å². The first-order chi connectivity index (χ1) is 25.4. The van der Waals surface area contributed by atoms with Gasteiger partial charge >= 0.3 is 6.09 Å². The fraction of sp³-hybridized carbons (Fsp3) is 0.190. The number of hydrogen-bond acceptors (Lipinski definition) is 8. The zero-order chi connectivity index (χ0) is 37.3. The standard InChI is InChI=1S/C42H34N8O2/c1-3-52-42(51)50-24-22-49(23-25-50)41-33(16-10-18-35(26-43)39(37(28-45)29-46)31-12-6-4-7-13-31)20-21-34(41)17-11-19-36(27-44)40(38(30-47)48-2)32-14-8-5-9-15-32/h4-19,45H,3,20-25H2,1H3/b17-11+,18-10+,33-16+,36-19+,39-35-,40-38+. The first-order valence-corrected chi connectivity index (χ1v) is 16.5. The number of carbonyl (C=O) groups is 1. The van der Waals surface area contributed by atoms with Gasteiger partial charge in [0.25, 0.3) is 5.70 Å². The molecule has 2 aromatic carbocycles. The lowest BCUT2D eigenvalue weighted by atomic mass is 9.94. The molecule has 1 amide bonds. The SMILES string of the molecule is [C-]#[N+]/C(C#N)=C(/C(C#N)=C/C=C/C1=C(N2CCN(C(=O)OCC)CC2)C(=C/C=C/C(C#N)=C(/C(=C=N)C#N)c2ccccc2)/CC1)c1ccccc1. The van der Waals surface area contributed by atoms with E-state index in [1.165, 1.54) is 0 Å². The fourth-order valence-electron chi connectivity index (χ4n) is 5.99. The van der Waals surface area contributed by atoms with E-state index in [-0.39, 0.29) is 34.1 Å². The van der Waals surface area contributed by atoms with E-state index in [1.807, 2.05) is 36.4 Å². The van der Waals surface area contributed by atoms with Crippen LogP contribution < -0.4 is 0 Å². The molecular weight excluding hydrogens is 649 g/mol. The van der Waals surface area contributed by atoms with Crippen LogP contribution in [0.4, 0.5) is 4.79 Å². The maximum atomic E-state index is 12.4. The maximum absolute atomic E-state index is 12.4. The van der Waals surface area contributed by atoms with Crippen molar-refractivity contribution in [1.82, 2.24) is 9.80 Å². The number of hydrogen-bond donors (Lipinski definition) is 1. The van der Waals surface area contributed by atoms with Crippen molar-refractivity contribution in [3.63, 3.8) is 0 Å². The molecule has 0 aromatic heterocycles. The summed E-state index contributed by atoms with van der Waals surface area (Å²) >= 11 is 0. The number of nitriles is 4. The number of amides is 1. The zero-order valence-corrected chi connectivity index (χ0v) is 28.6. The van der Waals surface area contributed by atoms with Gasteiger partial charge in [-0.15, -0.1) is 0 Å². The average Bonchev–Trinajstić information content (AvgIpc) is 3.59. The largest absolute Gasteiger partial charge is 0.450 e. The number of nitrogens with zero attached hydrogens (tertiary/aromatic N) is 7. The molecule has 0 bridgehead atoms. The van der Waals surface area contributed by atoms with E-state index in [1.54, 1.807) is 84.7 Å². The van der Waals surface area contributed by atoms with Crippen molar-refractivity contribution in [2.24, 2.45) is 0 Å². The molecule has 4 rings (SSSR count). The second kappa shape index (κ2) is 19.0. The van der Waals surface area contributed by atoms with Gasteiger partial charge in [0.2, 0.25) is 0 Å². The highest BCUT2D eigenvalue weighted by atomic mass is 16.6. The van der Waals surface area contributed by atoms with Crippen molar-refractivity contribution in [3.8, 4) is 24.3 Å². The number of allylic oxidation sites excluding steroid dienone is 14. The molecule has 1 N–H and O–H groups in total. The Balaban J connectivity index is 1.77. The first kappa shape index (κ1) is 37.4. The third-order valence-corrected chi connectivity index (χ3v) is 8.36. The van der Waals surface area contributed by atoms with Gasteiger partial charge in [-0.05, 0) is 60.1 Å². The van der Waals surface area contributed by atoms with E-state index in [9.17, 15) is 25.8 Å². The molecule has 52 heavy (non-hydrogen) atoms. The van der Waals surface area contributed by atoms with E-state index in [0.29, 0.717) is 62.3 Å². The van der Waals surface area contributed by atoms with Crippen LogP contribution in [0.15, 0.2) is 136 Å². The van der Waals surface area contributed by atoms with Crippen LogP contribution in [0.3, 0.4) is 0 Å². The fourth-order valence-corrected chi connectivity index (χ4v) is 5.99. The molecule has 1 aliphatic carbocycles. The highest BCUT2D eigenvalue weighted by molar-refractivity contribution is 5.95. The number of benzene rings is 2. The molecule has 10 heteroatoms. The average molecular weight is 683 g/mol. The molecule has 2 aliphatic rings. The van der Waals surface area contributed by atoms with Gasteiger partial charge in [0.15, 0.2) is 0 Å². The van der Waals surface area contributed by atoms with Crippen molar-refractivity contribution in [3.05, 3.63) is 159 Å². The summed E-state index contributed by atoms with van der Waals surface area (Å²) < 4.78 is 5.21. The van der Waals surface area contributed by atoms with E-state index in [0.717, 1.165) is 16.8 Å². The molecule has 0 radical (unpaired) electrons. The summed E-state index contributed by atoms with van der Waals surface area (Å²) in [7, 11) is 0. The first-order valence-electron chi connectivity index (χ1n) is 16.5. The van der Waals surface area contributed by atoms with Crippen LogP contribution in [-0.2, 0) is 4.74 Å². The normalized spacial score (nSPS) is 16.2. The zero-order valence-electron chi connectivity index (χ0n) is 28.6. The molecule has 1 heterocycles. The number of ether oxygens (including phenoxy) is 1. The minimum atomic E-state index is -0.352. The highest BCUT2D eigenvalue weighted by Crippen LogP contribution is 2.36. The lowest BCUT2D eigenvalue weighted by Crippen LogP contribution is -2.48. The van der Waals surface area contributed by atoms with Crippen molar-refractivity contribution >= 4 is 23.1 Å². The molecule has 2 aromatic rings. The van der Waals surface area contributed by atoms with Crippen molar-refractivity contribution in [2.45, 2.75) is 19.8 Å². The van der Waals surface area contributed by atoms with Gasteiger partial charge < -0.3 is 14.5 Å². The number of carbonyl (C=O) groups excluding carboxylic acids is 1. The minimum absolute atomic E-state index is 0.0539. The number of nitrogens with one attached hydrogen (secondary N) is 1. The second-order valence-corrected chi connectivity index (χ2v) is 11.3. The summed E-state index contributed by atoms with van der Waals surface area (Å²) in [5.41, 5.74) is 4.91. The Morgan fingerprint density at radius 3 is 2.08 bits per heavy atom. The van der Waals surface area contributed by atoms with E-state index >= 15 is 0 Å². The Labute approximate surface area is 304 Å². The lowest BCUT2D eigenvalue weighted by Gasteiger charge is -2.37. The summed E-state index contributed by atoms with van der Waals surface area (Å²) in [5, 5.41) is 47.2. The third-order valence-electron chi connectivity index (χ3n) is 8.36. The summed E-state index contributed by atoms with van der Waals surface area (Å²) in [6.07, 6.45) is 11.6. The lowest BCUT2D eigenvalue weighted by molar-refractivity contribution is 0.0873. The van der Waals surface area contributed by atoms with Gasteiger partial charge in [-0.25, -0.2) is 14.9 Å². The molecule has 1 fully saturated rings. The summed E-state index contributed by atoms with van der Waals surface area (Å²) in [5.74, 6) is 2.16. The summed E-state index contributed by atoms with van der Waals surface area (Å²) in [4.78, 5) is 19.7. The minimum Gasteiger partial charge on any atom is -0.450 e. The predicted octanol–water partition coefficient (Wildman–Crippen LogP) is 7.83. The molecule has 0 saturated carbocycles. The van der Waals surface area contributed by atoms with Crippen LogP contribution in [0.25, 0.3) is 16.0 Å². The third kappa shape index (κ3) is 8.98. The van der Waals surface area contributed by atoms with Crippen LogP contribution in [0, 0.1) is 57.3 Å². The van der Waals surface area contributed by atoms with Gasteiger partial charge in [-0.3, -0.25) is 5.41 Å². The molecule has 0 unspecified atom stereocenters. The van der Waals surface area contributed by atoms with Crippen molar-refractivity contribution in [2.75, 3.05) is 32.8 Å². The molecule has 1 aliphatic heterocycles. The molecule has 254 valence electrons. The van der Waals surface area contributed by atoms with E-state index in [2.05, 4.69) is 27.8 Å². The van der Waals surface area contributed by atoms with Crippen LogP contribution in [-0.4, -0.2) is 54.5 Å². The van der Waals surface area contributed by atoms with Gasteiger partial charge in [0, 0.05) is 43.0 Å². The Morgan fingerprint density at radius 1 is 0.885 bits per heavy atom. The molecule has 0 spiro atoms. The highest BCUT2D eigenvalue weighted by Gasteiger charge is 2.28. The van der Waals surface area contributed by atoms with Crippen LogP contribution in [0.5, 0.6) is 0 Å². The maximum Gasteiger partial charge on any atom is 0.409 e.